The van der Waals surface area contributed by atoms with E-state index >= 15 is 0 Å². The summed E-state index contributed by atoms with van der Waals surface area (Å²) in [5.74, 6) is 1.77. The molecule has 1 aliphatic rings. The number of aryl methyl sites for hydroxylation is 1. The van der Waals surface area contributed by atoms with Crippen molar-refractivity contribution in [3.63, 3.8) is 0 Å². The summed E-state index contributed by atoms with van der Waals surface area (Å²) in [5, 5.41) is 3.31. The summed E-state index contributed by atoms with van der Waals surface area (Å²) in [5.41, 5.74) is 4.38. The molecule has 3 aromatic rings. The third-order valence-corrected chi connectivity index (χ3v) is 8.34. The van der Waals surface area contributed by atoms with Crippen LogP contribution in [0.25, 0.3) is 0 Å². The van der Waals surface area contributed by atoms with Crippen molar-refractivity contribution in [2.45, 2.75) is 69.8 Å². The van der Waals surface area contributed by atoms with Crippen molar-refractivity contribution < 1.29 is 14.3 Å². The number of nitrogens with one attached hydrogen (secondary N) is 1. The van der Waals surface area contributed by atoms with E-state index in [-0.39, 0.29) is 17.9 Å². The largest absolute Gasteiger partial charge is 0.497 e. The van der Waals surface area contributed by atoms with Gasteiger partial charge in [-0.25, -0.2) is 0 Å². The molecule has 0 saturated heterocycles. The molecule has 0 radical (unpaired) electrons. The minimum absolute atomic E-state index is 0.0196. The van der Waals surface area contributed by atoms with Crippen LogP contribution in [0.3, 0.4) is 0 Å². The van der Waals surface area contributed by atoms with E-state index < -0.39 is 6.04 Å². The van der Waals surface area contributed by atoms with Crippen molar-refractivity contribution in [1.82, 2.24) is 10.2 Å². The number of nitrogens with zero attached hydrogens (tertiary/aromatic N) is 1. The number of amides is 2. The average molecular weight is 545 g/mol. The number of rotatable bonds is 12. The van der Waals surface area contributed by atoms with Gasteiger partial charge in [-0.3, -0.25) is 9.59 Å². The number of ether oxygens (including phenoxy) is 1. The van der Waals surface area contributed by atoms with Crippen LogP contribution in [0.2, 0.25) is 0 Å². The molecule has 1 atom stereocenters. The van der Waals surface area contributed by atoms with E-state index in [0.29, 0.717) is 24.5 Å². The van der Waals surface area contributed by atoms with Crippen LogP contribution in [0.1, 0.15) is 54.4 Å². The number of methoxy groups -OCH3 is 1. The number of carbonyl (C=O) groups excluding carboxylic acids is 2. The smallest absolute Gasteiger partial charge is 0.243 e. The first-order chi connectivity index (χ1) is 19.0. The van der Waals surface area contributed by atoms with Crippen LogP contribution < -0.4 is 10.1 Å². The fraction of sp³-hybridized carbons (Fsp3) is 0.394. The molecule has 39 heavy (non-hydrogen) atoms. The Morgan fingerprint density at radius 1 is 0.897 bits per heavy atom. The van der Waals surface area contributed by atoms with Gasteiger partial charge < -0.3 is 15.0 Å². The molecule has 3 aromatic carbocycles. The maximum atomic E-state index is 13.8. The molecule has 1 saturated carbocycles. The first kappa shape index (κ1) is 28.8. The highest BCUT2D eigenvalue weighted by atomic mass is 32.2. The Balaban J connectivity index is 1.54. The van der Waals surface area contributed by atoms with Crippen LogP contribution in [-0.4, -0.2) is 41.7 Å². The van der Waals surface area contributed by atoms with Crippen LogP contribution >= 0.6 is 11.8 Å². The Hall–Kier alpha value is -3.25. The van der Waals surface area contributed by atoms with Gasteiger partial charge in [-0.2, -0.15) is 0 Å². The quantitative estimate of drug-likeness (QED) is 0.290. The Morgan fingerprint density at radius 2 is 1.56 bits per heavy atom. The number of thioether (sulfide) groups is 1. The maximum Gasteiger partial charge on any atom is 0.243 e. The SMILES string of the molecule is COc1ccc(CSCC(=O)N(Cc2ccc(C)cc2)[C@H](Cc2ccccc2)C(=O)NC2CCCCC2)cc1. The van der Waals surface area contributed by atoms with Gasteiger partial charge in [-0.05, 0) is 48.6 Å². The van der Waals surface area contributed by atoms with E-state index in [0.717, 1.165) is 48.1 Å². The van der Waals surface area contributed by atoms with Crippen molar-refractivity contribution in [3.05, 3.63) is 101 Å². The molecule has 0 spiro atoms. The Bertz CT molecular complexity index is 1180. The van der Waals surface area contributed by atoms with Gasteiger partial charge >= 0.3 is 0 Å². The lowest BCUT2D eigenvalue weighted by Gasteiger charge is -2.33. The number of hydrogen-bond donors (Lipinski definition) is 1. The van der Waals surface area contributed by atoms with E-state index in [1.807, 2.05) is 54.6 Å². The van der Waals surface area contributed by atoms with Gasteiger partial charge in [0.05, 0.1) is 12.9 Å². The normalized spacial score (nSPS) is 14.4. The van der Waals surface area contributed by atoms with Crippen molar-refractivity contribution in [2.24, 2.45) is 0 Å². The monoisotopic (exact) mass is 544 g/mol. The van der Waals surface area contributed by atoms with Crippen LogP contribution in [0.15, 0.2) is 78.9 Å². The second kappa shape index (κ2) is 14.8. The van der Waals surface area contributed by atoms with Gasteiger partial charge in [0.25, 0.3) is 0 Å². The van der Waals surface area contributed by atoms with Crippen molar-refractivity contribution >= 4 is 23.6 Å². The van der Waals surface area contributed by atoms with Crippen molar-refractivity contribution in [1.29, 1.82) is 0 Å². The van der Waals surface area contributed by atoms with E-state index in [2.05, 4.69) is 36.5 Å². The van der Waals surface area contributed by atoms with Gasteiger partial charge in [-0.1, -0.05) is 91.6 Å². The molecule has 206 valence electrons. The predicted octanol–water partition coefficient (Wildman–Crippen LogP) is 6.33. The second-order valence-electron chi connectivity index (χ2n) is 10.4. The minimum atomic E-state index is -0.579. The average Bonchev–Trinajstić information content (AvgIpc) is 2.97. The number of hydrogen-bond acceptors (Lipinski definition) is 4. The van der Waals surface area contributed by atoms with Gasteiger partial charge in [-0.15, -0.1) is 11.8 Å². The Labute approximate surface area is 237 Å². The lowest BCUT2D eigenvalue weighted by molar-refractivity contribution is -0.139. The highest BCUT2D eigenvalue weighted by molar-refractivity contribution is 7.99. The van der Waals surface area contributed by atoms with Gasteiger partial charge in [0.2, 0.25) is 11.8 Å². The highest BCUT2D eigenvalue weighted by Crippen LogP contribution is 2.22. The molecule has 1 aliphatic carbocycles. The summed E-state index contributed by atoms with van der Waals surface area (Å²) in [6.45, 7) is 2.45. The lowest BCUT2D eigenvalue weighted by atomic mass is 9.94. The van der Waals surface area contributed by atoms with Crippen LogP contribution in [0, 0.1) is 6.92 Å². The fourth-order valence-electron chi connectivity index (χ4n) is 5.05. The third kappa shape index (κ3) is 8.89. The number of benzene rings is 3. The summed E-state index contributed by atoms with van der Waals surface area (Å²) >= 11 is 1.58. The molecule has 0 aliphatic heterocycles. The molecular formula is C33H40N2O3S. The molecule has 6 heteroatoms. The highest BCUT2D eigenvalue weighted by Gasteiger charge is 2.31. The molecular weight excluding hydrogens is 504 g/mol. The molecule has 1 fully saturated rings. The molecule has 5 nitrogen and oxygen atoms in total. The first-order valence-corrected chi connectivity index (χ1v) is 15.1. The second-order valence-corrected chi connectivity index (χ2v) is 11.4. The van der Waals surface area contributed by atoms with Gasteiger partial charge in [0.15, 0.2) is 0 Å². The molecule has 1 N–H and O–H groups in total. The van der Waals surface area contributed by atoms with E-state index in [1.54, 1.807) is 23.8 Å². The van der Waals surface area contributed by atoms with Gasteiger partial charge in [0, 0.05) is 24.8 Å². The molecule has 0 heterocycles. The van der Waals surface area contributed by atoms with Crippen molar-refractivity contribution in [3.8, 4) is 5.75 Å². The fourth-order valence-corrected chi connectivity index (χ4v) is 5.92. The van der Waals surface area contributed by atoms with Gasteiger partial charge in [0.1, 0.15) is 11.8 Å². The maximum absolute atomic E-state index is 13.8. The van der Waals surface area contributed by atoms with Crippen LogP contribution in [0.5, 0.6) is 5.75 Å². The zero-order chi connectivity index (χ0) is 27.5. The molecule has 0 aromatic heterocycles. The minimum Gasteiger partial charge on any atom is -0.497 e. The Morgan fingerprint density at radius 3 is 2.23 bits per heavy atom. The molecule has 0 unspecified atom stereocenters. The molecule has 4 rings (SSSR count). The summed E-state index contributed by atoms with van der Waals surface area (Å²) in [6, 6.07) is 25.8. The van der Waals surface area contributed by atoms with Crippen LogP contribution in [0.4, 0.5) is 0 Å². The van der Waals surface area contributed by atoms with E-state index in [4.69, 9.17) is 4.74 Å². The summed E-state index contributed by atoms with van der Waals surface area (Å²) < 4.78 is 5.25. The molecule has 2 amide bonds. The predicted molar refractivity (Wildman–Crippen MR) is 160 cm³/mol. The zero-order valence-electron chi connectivity index (χ0n) is 23.1. The first-order valence-electron chi connectivity index (χ1n) is 13.9. The zero-order valence-corrected chi connectivity index (χ0v) is 23.9. The summed E-state index contributed by atoms with van der Waals surface area (Å²) in [6.07, 6.45) is 6.01. The summed E-state index contributed by atoms with van der Waals surface area (Å²) in [7, 11) is 1.65. The third-order valence-electron chi connectivity index (χ3n) is 7.35. The lowest BCUT2D eigenvalue weighted by Crippen LogP contribution is -2.53. The van der Waals surface area contributed by atoms with E-state index in [9.17, 15) is 9.59 Å². The molecule has 0 bridgehead atoms. The standard InChI is InChI=1S/C33H40N2O3S/c1-25-13-15-27(16-14-25)22-35(32(36)24-39-23-28-17-19-30(38-2)20-18-28)31(21-26-9-5-3-6-10-26)33(37)34-29-11-7-4-8-12-29/h3,5-6,9-10,13-20,29,31H,4,7-8,11-12,21-24H2,1-2H3,(H,34,37)/t31-/m1/s1. The summed E-state index contributed by atoms with van der Waals surface area (Å²) in [4.78, 5) is 29.5. The number of carbonyl (C=O) groups is 2. The topological polar surface area (TPSA) is 58.6 Å². The van der Waals surface area contributed by atoms with Crippen molar-refractivity contribution in [2.75, 3.05) is 12.9 Å². The Kier molecular flexibility index (Phi) is 10.9. The van der Waals surface area contributed by atoms with E-state index in [1.165, 1.54) is 12.0 Å². The van der Waals surface area contributed by atoms with Crippen LogP contribution in [-0.2, 0) is 28.3 Å².